The van der Waals surface area contributed by atoms with Gasteiger partial charge in [0.25, 0.3) is 0 Å². The predicted molar refractivity (Wildman–Crippen MR) is 61.9 cm³/mol. The smallest absolute Gasteiger partial charge is 0.227 e. The molecule has 2 amide bonds. The molecule has 1 aliphatic heterocycles. The summed E-state index contributed by atoms with van der Waals surface area (Å²) in [5.74, 6) is 0.151. The molecule has 1 heterocycles. The fraction of sp³-hybridized carbons (Fsp3) is 0.818. The summed E-state index contributed by atoms with van der Waals surface area (Å²) in [4.78, 5) is 25.2. The van der Waals surface area contributed by atoms with Crippen molar-refractivity contribution in [3.05, 3.63) is 0 Å². The Balaban J connectivity index is 2.51. The van der Waals surface area contributed by atoms with Gasteiger partial charge in [-0.25, -0.2) is 0 Å². The largest absolute Gasteiger partial charge is 0.359 e. The van der Waals surface area contributed by atoms with Crippen molar-refractivity contribution in [3.8, 4) is 0 Å². The normalized spacial score (nSPS) is 24.6. The quantitative estimate of drug-likeness (QED) is 0.686. The molecule has 5 nitrogen and oxygen atoms in total. The number of carbonyl (C=O) groups is 2. The highest BCUT2D eigenvalue weighted by atomic mass is 16.2. The van der Waals surface area contributed by atoms with Gasteiger partial charge in [-0.3, -0.25) is 9.59 Å². The lowest BCUT2D eigenvalue weighted by molar-refractivity contribution is -0.132. The van der Waals surface area contributed by atoms with Gasteiger partial charge in [-0.1, -0.05) is 0 Å². The molecule has 1 saturated heterocycles. The maximum Gasteiger partial charge on any atom is 0.227 e. The van der Waals surface area contributed by atoms with Crippen molar-refractivity contribution in [1.82, 2.24) is 15.5 Å². The zero-order valence-electron chi connectivity index (χ0n) is 10.3. The molecule has 0 radical (unpaired) electrons. The van der Waals surface area contributed by atoms with Crippen LogP contribution in [0, 0.1) is 5.41 Å². The van der Waals surface area contributed by atoms with Gasteiger partial charge >= 0.3 is 0 Å². The summed E-state index contributed by atoms with van der Waals surface area (Å²) >= 11 is 0. The maximum absolute atomic E-state index is 11.8. The fourth-order valence-electron chi connectivity index (χ4n) is 2.05. The van der Waals surface area contributed by atoms with Crippen LogP contribution in [0.1, 0.15) is 19.8 Å². The van der Waals surface area contributed by atoms with Crippen LogP contribution in [0.2, 0.25) is 0 Å². The van der Waals surface area contributed by atoms with Crippen molar-refractivity contribution in [2.75, 3.05) is 33.7 Å². The SMILES string of the molecule is CNCCC(=O)N1CCC(C)(C(=O)NC)C1. The first kappa shape index (κ1) is 13.0. The summed E-state index contributed by atoms with van der Waals surface area (Å²) < 4.78 is 0. The van der Waals surface area contributed by atoms with Crippen molar-refractivity contribution < 1.29 is 9.59 Å². The third-order valence-electron chi connectivity index (χ3n) is 3.19. The van der Waals surface area contributed by atoms with Crippen LogP contribution in [0.15, 0.2) is 0 Å². The summed E-state index contributed by atoms with van der Waals surface area (Å²) in [6, 6.07) is 0. The van der Waals surface area contributed by atoms with E-state index in [1.165, 1.54) is 0 Å². The van der Waals surface area contributed by atoms with Crippen LogP contribution < -0.4 is 10.6 Å². The Kier molecular flexibility index (Phi) is 4.29. The number of rotatable bonds is 4. The highest BCUT2D eigenvalue weighted by molar-refractivity contribution is 5.84. The summed E-state index contributed by atoms with van der Waals surface area (Å²) in [6.45, 7) is 3.82. The third kappa shape index (κ3) is 2.72. The third-order valence-corrected chi connectivity index (χ3v) is 3.19. The molecule has 0 spiro atoms. The molecule has 92 valence electrons. The lowest BCUT2D eigenvalue weighted by Crippen LogP contribution is -2.40. The average Bonchev–Trinajstić information content (AvgIpc) is 2.69. The maximum atomic E-state index is 11.8. The monoisotopic (exact) mass is 227 g/mol. The van der Waals surface area contributed by atoms with Crippen molar-refractivity contribution in [2.24, 2.45) is 5.41 Å². The van der Waals surface area contributed by atoms with Gasteiger partial charge in [0.2, 0.25) is 11.8 Å². The molecule has 1 atom stereocenters. The molecular weight excluding hydrogens is 206 g/mol. The van der Waals surface area contributed by atoms with Crippen LogP contribution in [0.3, 0.4) is 0 Å². The van der Waals surface area contributed by atoms with Crippen LogP contribution >= 0.6 is 0 Å². The highest BCUT2D eigenvalue weighted by Crippen LogP contribution is 2.30. The van der Waals surface area contributed by atoms with Gasteiger partial charge in [0, 0.05) is 33.1 Å². The Morgan fingerprint density at radius 1 is 1.38 bits per heavy atom. The van der Waals surface area contributed by atoms with Gasteiger partial charge < -0.3 is 15.5 Å². The molecule has 0 aromatic carbocycles. The Morgan fingerprint density at radius 2 is 2.06 bits per heavy atom. The molecule has 1 aliphatic rings. The Labute approximate surface area is 96.6 Å². The van der Waals surface area contributed by atoms with Gasteiger partial charge in [-0.15, -0.1) is 0 Å². The predicted octanol–water partition coefficient (Wildman–Crippen LogP) is -0.419. The first-order chi connectivity index (χ1) is 7.53. The van der Waals surface area contributed by atoms with Crippen LogP contribution in [0.4, 0.5) is 0 Å². The molecule has 2 N–H and O–H groups in total. The molecule has 0 aromatic rings. The number of carbonyl (C=O) groups excluding carboxylic acids is 2. The first-order valence-electron chi connectivity index (χ1n) is 5.68. The van der Waals surface area contributed by atoms with Crippen molar-refractivity contribution in [2.45, 2.75) is 19.8 Å². The lowest BCUT2D eigenvalue weighted by atomic mass is 9.89. The topological polar surface area (TPSA) is 61.4 Å². The second kappa shape index (κ2) is 5.30. The van der Waals surface area contributed by atoms with E-state index in [1.807, 2.05) is 14.0 Å². The van der Waals surface area contributed by atoms with Gasteiger partial charge in [0.1, 0.15) is 0 Å². The van der Waals surface area contributed by atoms with Gasteiger partial charge in [0.05, 0.1) is 5.41 Å². The minimum Gasteiger partial charge on any atom is -0.359 e. The molecule has 0 aliphatic carbocycles. The first-order valence-corrected chi connectivity index (χ1v) is 5.68. The number of hydrogen-bond acceptors (Lipinski definition) is 3. The summed E-state index contributed by atoms with van der Waals surface area (Å²) in [5, 5.41) is 5.61. The number of amides is 2. The molecule has 1 rings (SSSR count). The van der Waals surface area contributed by atoms with Crippen LogP contribution in [0.25, 0.3) is 0 Å². The van der Waals surface area contributed by atoms with Crippen LogP contribution in [-0.2, 0) is 9.59 Å². The Bertz CT molecular complexity index is 280. The Hall–Kier alpha value is -1.10. The minimum atomic E-state index is -0.413. The van der Waals surface area contributed by atoms with Crippen LogP contribution in [0.5, 0.6) is 0 Å². The van der Waals surface area contributed by atoms with E-state index in [-0.39, 0.29) is 11.8 Å². The van der Waals surface area contributed by atoms with E-state index in [2.05, 4.69) is 10.6 Å². The van der Waals surface area contributed by atoms with Gasteiger partial charge in [0.15, 0.2) is 0 Å². The molecular formula is C11H21N3O2. The van der Waals surface area contributed by atoms with E-state index >= 15 is 0 Å². The van der Waals surface area contributed by atoms with E-state index < -0.39 is 5.41 Å². The molecule has 0 saturated carbocycles. The molecule has 0 bridgehead atoms. The number of nitrogens with one attached hydrogen (secondary N) is 2. The molecule has 1 unspecified atom stereocenters. The number of likely N-dealkylation sites (tertiary alicyclic amines) is 1. The van der Waals surface area contributed by atoms with E-state index in [4.69, 9.17) is 0 Å². The van der Waals surface area contributed by atoms with Crippen molar-refractivity contribution >= 4 is 11.8 Å². The molecule has 16 heavy (non-hydrogen) atoms. The highest BCUT2D eigenvalue weighted by Gasteiger charge is 2.41. The van der Waals surface area contributed by atoms with Crippen molar-refractivity contribution in [3.63, 3.8) is 0 Å². The lowest BCUT2D eigenvalue weighted by Gasteiger charge is -2.22. The zero-order valence-corrected chi connectivity index (χ0v) is 10.3. The summed E-state index contributed by atoms with van der Waals surface area (Å²) in [5.41, 5.74) is -0.413. The van der Waals surface area contributed by atoms with E-state index in [0.717, 1.165) is 6.42 Å². The molecule has 1 fully saturated rings. The second-order valence-electron chi connectivity index (χ2n) is 4.56. The second-order valence-corrected chi connectivity index (χ2v) is 4.56. The van der Waals surface area contributed by atoms with Crippen molar-refractivity contribution in [1.29, 1.82) is 0 Å². The fourth-order valence-corrected chi connectivity index (χ4v) is 2.05. The average molecular weight is 227 g/mol. The number of hydrogen-bond donors (Lipinski definition) is 2. The standard InChI is InChI=1S/C11H21N3O2/c1-11(10(16)13-3)5-7-14(8-11)9(15)4-6-12-2/h12H,4-8H2,1-3H3,(H,13,16). The molecule has 5 heteroatoms. The van der Waals surface area contributed by atoms with E-state index in [1.54, 1.807) is 11.9 Å². The Morgan fingerprint density at radius 3 is 2.62 bits per heavy atom. The van der Waals surface area contributed by atoms with Gasteiger partial charge in [-0.05, 0) is 20.4 Å². The van der Waals surface area contributed by atoms with E-state index in [9.17, 15) is 9.59 Å². The van der Waals surface area contributed by atoms with Crippen LogP contribution in [-0.4, -0.2) is 50.4 Å². The number of nitrogens with zero attached hydrogens (tertiary/aromatic N) is 1. The summed E-state index contributed by atoms with van der Waals surface area (Å²) in [7, 11) is 3.46. The zero-order chi connectivity index (χ0) is 12.2. The van der Waals surface area contributed by atoms with Gasteiger partial charge in [-0.2, -0.15) is 0 Å². The van der Waals surface area contributed by atoms with E-state index in [0.29, 0.717) is 26.1 Å². The summed E-state index contributed by atoms with van der Waals surface area (Å²) in [6.07, 6.45) is 1.25. The minimum absolute atomic E-state index is 0.0245. The molecule has 0 aromatic heterocycles.